The average Bonchev–Trinajstić information content (AvgIpc) is 3.79. The fourth-order valence-electron chi connectivity index (χ4n) is 7.83. The number of hydrogen-bond acceptors (Lipinski definition) is 2. The van der Waals surface area contributed by atoms with Gasteiger partial charge in [-0.3, -0.25) is 0 Å². The molecule has 2 saturated heterocycles. The van der Waals surface area contributed by atoms with Crippen molar-refractivity contribution in [1.82, 2.24) is 0 Å². The normalized spacial score (nSPS) is 12.9. The molecular formula is C52H58N6O2Zr. The molecule has 9 heteroatoms. The number of hydrogen-bond donors (Lipinski definition) is 0. The second kappa shape index (κ2) is 22.6. The minimum atomic E-state index is 0. The van der Waals surface area contributed by atoms with Gasteiger partial charge < -0.3 is 39.9 Å². The zero-order valence-electron chi connectivity index (χ0n) is 36.9. The van der Waals surface area contributed by atoms with Crippen molar-refractivity contribution < 1.29 is 35.7 Å². The summed E-state index contributed by atoms with van der Waals surface area (Å²) < 4.78 is 10.9. The van der Waals surface area contributed by atoms with Crippen LogP contribution in [-0.2, 0) is 26.2 Å². The van der Waals surface area contributed by atoms with E-state index >= 15 is 0 Å². The molecule has 8 rings (SSSR count). The number of nitrogens with zero attached hydrogens (tertiary/aromatic N) is 6. The minimum absolute atomic E-state index is 0. The van der Waals surface area contributed by atoms with Crippen LogP contribution < -0.4 is 29.1 Å². The molecule has 2 heterocycles. The number of guanidine groups is 2. The predicted octanol–water partition coefficient (Wildman–Crippen LogP) is 11.5. The van der Waals surface area contributed by atoms with Crippen LogP contribution in [0.25, 0.3) is 10.8 Å². The summed E-state index contributed by atoms with van der Waals surface area (Å²) in [6, 6.07) is 43.9. The molecule has 0 unspecified atom stereocenters. The maximum atomic E-state index is 10.8. The first-order chi connectivity index (χ1) is 28.8. The van der Waals surface area contributed by atoms with E-state index in [1.165, 1.54) is 33.4 Å². The summed E-state index contributed by atoms with van der Waals surface area (Å²) in [5, 5.41) is 21.6. The van der Waals surface area contributed by atoms with E-state index in [0.717, 1.165) is 71.6 Å². The maximum Gasteiger partial charge on any atom is 4.00 e. The molecule has 0 saturated carbocycles. The molecule has 312 valence electrons. The van der Waals surface area contributed by atoms with Gasteiger partial charge in [-0.1, -0.05) is 71.8 Å². The van der Waals surface area contributed by atoms with Gasteiger partial charge in [0.15, 0.2) is 0 Å². The maximum absolute atomic E-state index is 10.8. The second-order valence-corrected chi connectivity index (χ2v) is 15.0. The Hall–Kier alpha value is -5.92. The first-order valence-corrected chi connectivity index (χ1v) is 20.2. The molecule has 8 nitrogen and oxygen atoms in total. The van der Waals surface area contributed by atoms with Crippen LogP contribution in [0.1, 0.15) is 44.5 Å². The molecule has 0 radical (unpaired) electrons. The van der Waals surface area contributed by atoms with Gasteiger partial charge >= 0.3 is 26.2 Å². The number of methoxy groups -OCH3 is 2. The van der Waals surface area contributed by atoms with E-state index in [1.807, 2.05) is 129 Å². The molecule has 2 aliphatic rings. The van der Waals surface area contributed by atoms with Gasteiger partial charge in [0.05, 0.1) is 14.2 Å². The zero-order chi connectivity index (χ0) is 43.3. The molecule has 6 aromatic carbocycles. The predicted molar refractivity (Wildman–Crippen MR) is 255 cm³/mol. The van der Waals surface area contributed by atoms with Crippen molar-refractivity contribution in [2.24, 2.45) is 0 Å². The minimum Gasteiger partial charge on any atom is -0.496 e. The van der Waals surface area contributed by atoms with Crippen molar-refractivity contribution >= 4 is 34.7 Å². The summed E-state index contributed by atoms with van der Waals surface area (Å²) in [7, 11) is 3.30. The molecular weight excluding hydrogens is 832 g/mol. The molecule has 0 aliphatic carbocycles. The van der Waals surface area contributed by atoms with Crippen molar-refractivity contribution in [3.63, 3.8) is 0 Å². The summed E-state index contributed by atoms with van der Waals surface area (Å²) in [5.41, 5.74) is 13.3. The zero-order valence-corrected chi connectivity index (χ0v) is 39.4. The molecule has 0 amide bonds. The Morgan fingerprint density at radius 2 is 0.705 bits per heavy atom. The van der Waals surface area contributed by atoms with Crippen LogP contribution >= 0.6 is 0 Å². The number of rotatable bonds is 6. The first-order valence-electron chi connectivity index (χ1n) is 20.2. The summed E-state index contributed by atoms with van der Waals surface area (Å²) in [5.74, 6) is 2.03. The van der Waals surface area contributed by atoms with Gasteiger partial charge in [-0.25, -0.2) is 0 Å². The molecule has 2 aliphatic heterocycles. The van der Waals surface area contributed by atoms with Crippen LogP contribution in [0.5, 0.6) is 11.5 Å². The molecule has 0 N–H and O–H groups in total. The van der Waals surface area contributed by atoms with E-state index in [2.05, 4.69) is 79.7 Å². The number of aryl methyl sites for hydroxylation is 6. The summed E-state index contributed by atoms with van der Waals surface area (Å²) in [6.07, 6.45) is 0. The van der Waals surface area contributed by atoms with E-state index < -0.39 is 0 Å². The van der Waals surface area contributed by atoms with Gasteiger partial charge in [-0.2, -0.15) is 49.2 Å². The third-order valence-electron chi connectivity index (χ3n) is 10.3. The molecule has 0 bridgehead atoms. The van der Waals surface area contributed by atoms with Crippen LogP contribution in [0.4, 0.5) is 22.7 Å². The van der Waals surface area contributed by atoms with Crippen molar-refractivity contribution in [1.29, 1.82) is 0 Å². The quantitative estimate of drug-likeness (QED) is 0.155. The van der Waals surface area contributed by atoms with Gasteiger partial charge in [0.25, 0.3) is 0 Å². The van der Waals surface area contributed by atoms with Gasteiger partial charge in [-0.05, 0) is 126 Å². The van der Waals surface area contributed by atoms with Crippen LogP contribution in [0.2, 0.25) is 0 Å². The Bertz CT molecular complexity index is 2160. The van der Waals surface area contributed by atoms with E-state index in [4.69, 9.17) is 9.47 Å². The van der Waals surface area contributed by atoms with Gasteiger partial charge in [-0.15, -0.1) is 24.3 Å². The molecule has 0 aromatic heterocycles. The fourth-order valence-corrected chi connectivity index (χ4v) is 7.83. The Morgan fingerprint density at radius 1 is 0.426 bits per heavy atom. The van der Waals surface area contributed by atoms with Crippen LogP contribution in [0.3, 0.4) is 0 Å². The summed E-state index contributed by atoms with van der Waals surface area (Å²) in [6.45, 7) is 22.9. The van der Waals surface area contributed by atoms with E-state index in [9.17, 15) is 10.8 Å². The van der Waals surface area contributed by atoms with Crippen LogP contribution in [-0.4, -0.2) is 52.3 Å². The summed E-state index contributed by atoms with van der Waals surface area (Å²) in [4.78, 5) is 7.77. The second-order valence-electron chi connectivity index (χ2n) is 15.0. The van der Waals surface area contributed by atoms with E-state index in [-0.39, 0.29) is 38.1 Å². The number of para-hydroxylation sites is 4. The molecule has 6 aromatic rings. The fraction of sp³-hybridized carbons (Fsp3) is 0.231. The third-order valence-corrected chi connectivity index (χ3v) is 10.3. The Labute approximate surface area is 383 Å². The van der Waals surface area contributed by atoms with Crippen LogP contribution in [0.15, 0.2) is 133 Å². The van der Waals surface area contributed by atoms with Crippen molar-refractivity contribution in [2.45, 2.75) is 41.5 Å². The number of anilines is 4. The SMILES string of the molecule is COc1ccccc1N1CCN(c2c(C)cc(C)cc2C)C1=[N-].COc1ccccc1N1CCN(c2c(C)cc(C)cc2C)C1=[N-].[CH2-]c1ccccc1.[CH2-]c1ccccc1.[Zr+4]. The van der Waals surface area contributed by atoms with Crippen molar-refractivity contribution in [3.05, 3.63) is 203 Å². The average molecular weight is 890 g/mol. The first kappa shape index (κ1) is 47.8. The van der Waals surface area contributed by atoms with Gasteiger partial charge in [0.2, 0.25) is 0 Å². The van der Waals surface area contributed by atoms with E-state index in [0.29, 0.717) is 0 Å². The molecule has 0 spiro atoms. The monoisotopic (exact) mass is 888 g/mol. The number of benzene rings is 6. The van der Waals surface area contributed by atoms with Crippen molar-refractivity contribution in [2.75, 3.05) is 60.0 Å². The number of ether oxygens (including phenoxy) is 2. The molecule has 0 atom stereocenters. The smallest absolute Gasteiger partial charge is 0.496 e. The molecule has 61 heavy (non-hydrogen) atoms. The Kier molecular flexibility index (Phi) is 17.7. The van der Waals surface area contributed by atoms with Crippen molar-refractivity contribution in [3.8, 4) is 11.5 Å². The Morgan fingerprint density at radius 3 is 0.984 bits per heavy atom. The van der Waals surface area contributed by atoms with Crippen LogP contribution in [0, 0.1) is 55.4 Å². The van der Waals surface area contributed by atoms with E-state index in [1.54, 1.807) is 14.2 Å². The summed E-state index contributed by atoms with van der Waals surface area (Å²) >= 11 is 0. The topological polar surface area (TPSA) is 76.0 Å². The van der Waals surface area contributed by atoms with Gasteiger partial charge in [0.1, 0.15) is 11.5 Å². The van der Waals surface area contributed by atoms with Gasteiger partial charge in [0, 0.05) is 23.3 Å². The largest absolute Gasteiger partial charge is 4.00 e. The third kappa shape index (κ3) is 12.1. The standard InChI is InChI=1S/2C19H22N3O.2C7H7.Zr/c2*1-13-11-14(2)18(15(3)12-13)22-10-9-21(19(22)20)16-7-5-6-8-17(16)23-4;2*1-7-5-3-2-4-6-7;/h2*5-8,11-12H,9-10H2,1-4H3;2*2-6H,1H2;/q4*-1;+4. The molecule has 2 fully saturated rings. The Balaban J connectivity index is 0.000000202.